The Morgan fingerprint density at radius 1 is 1.10 bits per heavy atom. The highest BCUT2D eigenvalue weighted by atomic mass is 32.1. The van der Waals surface area contributed by atoms with Crippen molar-refractivity contribution < 1.29 is 14.0 Å². The third-order valence-corrected chi connectivity index (χ3v) is 6.32. The highest BCUT2D eigenvalue weighted by Crippen LogP contribution is 2.31. The first kappa shape index (κ1) is 20.2. The predicted molar refractivity (Wildman–Crippen MR) is 113 cm³/mol. The van der Waals surface area contributed by atoms with Crippen LogP contribution in [0, 0.1) is 12.7 Å². The van der Waals surface area contributed by atoms with E-state index in [1.165, 1.54) is 23.5 Å². The van der Waals surface area contributed by atoms with Gasteiger partial charge in [-0.3, -0.25) is 9.59 Å². The van der Waals surface area contributed by atoms with Crippen molar-refractivity contribution in [3.05, 3.63) is 75.5 Å². The Kier molecular flexibility index (Phi) is 5.85. The van der Waals surface area contributed by atoms with E-state index in [9.17, 15) is 14.0 Å². The molecule has 2 amide bonds. The van der Waals surface area contributed by atoms with Crippen LogP contribution in [0.15, 0.2) is 48.5 Å². The summed E-state index contributed by atoms with van der Waals surface area (Å²) in [7, 11) is 0. The third-order valence-electron chi connectivity index (χ3n) is 5.23. The molecule has 1 aliphatic heterocycles. The molecule has 3 aromatic rings. The number of likely N-dealkylation sites (tertiary alicyclic amines) is 1. The number of para-hydroxylation sites is 1. The molecule has 2 heterocycles. The Labute approximate surface area is 177 Å². The number of piperidine rings is 1. The number of hydrogen-bond acceptors (Lipinski definition) is 5. The average molecular weight is 425 g/mol. The number of nitrogens with zero attached hydrogens (tertiary/aromatic N) is 3. The molecule has 2 aromatic carbocycles. The van der Waals surface area contributed by atoms with E-state index in [0.717, 1.165) is 29.1 Å². The first-order valence-electron chi connectivity index (χ1n) is 9.76. The largest absolute Gasteiger partial charge is 0.339 e. The Balaban J connectivity index is 1.36. The number of carbonyl (C=O) groups excluding carboxylic acids is 2. The predicted octanol–water partition coefficient (Wildman–Crippen LogP) is 4.26. The molecule has 1 fully saturated rings. The van der Waals surface area contributed by atoms with Gasteiger partial charge in [0.15, 0.2) is 0 Å². The van der Waals surface area contributed by atoms with Gasteiger partial charge in [-0.2, -0.15) is 0 Å². The van der Waals surface area contributed by atoms with Gasteiger partial charge in [0, 0.05) is 30.3 Å². The molecule has 8 heteroatoms. The Hall–Kier alpha value is -3.13. The quantitative estimate of drug-likeness (QED) is 0.679. The summed E-state index contributed by atoms with van der Waals surface area (Å²) >= 11 is 1.29. The highest BCUT2D eigenvalue weighted by molar-refractivity contribution is 7.13. The minimum absolute atomic E-state index is 0.152. The first-order valence-corrected chi connectivity index (χ1v) is 10.6. The van der Waals surface area contributed by atoms with Crippen LogP contribution < -0.4 is 5.32 Å². The van der Waals surface area contributed by atoms with Gasteiger partial charge < -0.3 is 10.2 Å². The molecule has 4 rings (SSSR count). The molecule has 0 spiro atoms. The second-order valence-electron chi connectivity index (χ2n) is 7.29. The van der Waals surface area contributed by atoms with E-state index in [1.54, 1.807) is 17.0 Å². The van der Waals surface area contributed by atoms with Crippen LogP contribution in [0.3, 0.4) is 0 Å². The molecule has 0 saturated carbocycles. The molecular formula is C22H21FN4O2S. The van der Waals surface area contributed by atoms with Gasteiger partial charge in [-0.05, 0) is 49.6 Å². The highest BCUT2D eigenvalue weighted by Gasteiger charge is 2.27. The van der Waals surface area contributed by atoms with Crippen molar-refractivity contribution >= 4 is 28.8 Å². The van der Waals surface area contributed by atoms with Gasteiger partial charge in [0.1, 0.15) is 10.8 Å². The number of hydrogen-bond donors (Lipinski definition) is 1. The van der Waals surface area contributed by atoms with Crippen molar-refractivity contribution in [3.63, 3.8) is 0 Å². The smallest absolute Gasteiger partial charge is 0.286 e. The SMILES string of the molecule is Cc1ccccc1NC(=O)c1nnc(C2CCN(C(=O)c3cccc(F)c3)CC2)s1. The fourth-order valence-corrected chi connectivity index (χ4v) is 4.42. The van der Waals surface area contributed by atoms with Crippen LogP contribution in [-0.2, 0) is 0 Å². The number of anilines is 1. The topological polar surface area (TPSA) is 75.2 Å². The summed E-state index contributed by atoms with van der Waals surface area (Å²) in [6, 6.07) is 13.3. The Morgan fingerprint density at radius 3 is 2.60 bits per heavy atom. The lowest BCUT2D eigenvalue weighted by molar-refractivity contribution is 0.0712. The van der Waals surface area contributed by atoms with Crippen molar-refractivity contribution in [3.8, 4) is 0 Å². The van der Waals surface area contributed by atoms with E-state index in [2.05, 4.69) is 15.5 Å². The minimum Gasteiger partial charge on any atom is -0.339 e. The molecule has 0 aliphatic carbocycles. The maximum Gasteiger partial charge on any atom is 0.286 e. The second kappa shape index (κ2) is 8.71. The number of halogens is 1. The number of benzene rings is 2. The minimum atomic E-state index is -0.416. The summed E-state index contributed by atoms with van der Waals surface area (Å²) in [5, 5.41) is 12.3. The number of carbonyl (C=O) groups is 2. The van der Waals surface area contributed by atoms with Gasteiger partial charge >= 0.3 is 0 Å². The van der Waals surface area contributed by atoms with Gasteiger partial charge in [-0.1, -0.05) is 35.6 Å². The number of nitrogens with one attached hydrogen (secondary N) is 1. The van der Waals surface area contributed by atoms with E-state index in [-0.39, 0.29) is 17.7 Å². The Morgan fingerprint density at radius 2 is 1.87 bits per heavy atom. The molecule has 154 valence electrons. The van der Waals surface area contributed by atoms with Crippen LogP contribution in [0.25, 0.3) is 0 Å². The lowest BCUT2D eigenvalue weighted by Crippen LogP contribution is -2.37. The van der Waals surface area contributed by atoms with Crippen LogP contribution in [0.1, 0.15) is 49.5 Å². The fraction of sp³-hybridized carbons (Fsp3) is 0.273. The van der Waals surface area contributed by atoms with Crippen LogP contribution in [0.4, 0.5) is 10.1 Å². The zero-order valence-corrected chi connectivity index (χ0v) is 17.3. The molecule has 1 aromatic heterocycles. The molecule has 0 radical (unpaired) electrons. The third kappa shape index (κ3) is 4.38. The zero-order valence-electron chi connectivity index (χ0n) is 16.5. The van der Waals surface area contributed by atoms with Crippen LogP contribution in [0.2, 0.25) is 0 Å². The molecule has 1 aliphatic rings. The van der Waals surface area contributed by atoms with Gasteiger partial charge in [-0.15, -0.1) is 10.2 Å². The van der Waals surface area contributed by atoms with Crippen molar-refractivity contribution in [1.29, 1.82) is 0 Å². The molecule has 0 atom stereocenters. The van der Waals surface area contributed by atoms with E-state index < -0.39 is 5.82 Å². The van der Waals surface area contributed by atoms with Crippen molar-refractivity contribution in [2.75, 3.05) is 18.4 Å². The van der Waals surface area contributed by atoms with Gasteiger partial charge in [0.25, 0.3) is 11.8 Å². The normalized spacial score (nSPS) is 14.5. The maximum absolute atomic E-state index is 13.4. The van der Waals surface area contributed by atoms with E-state index in [0.29, 0.717) is 23.7 Å². The number of aromatic nitrogens is 2. The first-order chi connectivity index (χ1) is 14.5. The van der Waals surface area contributed by atoms with Gasteiger partial charge in [0.2, 0.25) is 5.01 Å². The van der Waals surface area contributed by atoms with Gasteiger partial charge in [0.05, 0.1) is 0 Å². The van der Waals surface area contributed by atoms with E-state index in [4.69, 9.17) is 0 Å². The van der Waals surface area contributed by atoms with Crippen molar-refractivity contribution in [1.82, 2.24) is 15.1 Å². The maximum atomic E-state index is 13.4. The molecule has 1 saturated heterocycles. The van der Waals surface area contributed by atoms with Crippen LogP contribution in [0.5, 0.6) is 0 Å². The van der Waals surface area contributed by atoms with Crippen LogP contribution in [-0.4, -0.2) is 40.0 Å². The average Bonchev–Trinajstić information content (AvgIpc) is 3.25. The summed E-state index contributed by atoms with van der Waals surface area (Å²) in [5.74, 6) is -0.699. The molecule has 1 N–H and O–H groups in total. The number of aryl methyl sites for hydroxylation is 1. The molecule has 0 unspecified atom stereocenters. The molecular weight excluding hydrogens is 403 g/mol. The lowest BCUT2D eigenvalue weighted by atomic mass is 9.97. The lowest BCUT2D eigenvalue weighted by Gasteiger charge is -2.31. The standard InChI is InChI=1S/C22H21FN4O2S/c1-14-5-2-3-8-18(14)24-19(28)21-26-25-20(30-21)15-9-11-27(12-10-15)22(29)16-6-4-7-17(23)13-16/h2-8,13,15H,9-12H2,1H3,(H,24,28). The summed E-state index contributed by atoms with van der Waals surface area (Å²) in [6.45, 7) is 3.05. The van der Waals surface area contributed by atoms with E-state index in [1.807, 2.05) is 31.2 Å². The summed E-state index contributed by atoms with van der Waals surface area (Å²) in [6.07, 6.45) is 1.46. The van der Waals surface area contributed by atoms with Crippen molar-refractivity contribution in [2.24, 2.45) is 0 Å². The van der Waals surface area contributed by atoms with E-state index >= 15 is 0 Å². The molecule has 0 bridgehead atoms. The summed E-state index contributed by atoms with van der Waals surface area (Å²) < 4.78 is 13.4. The fourth-order valence-electron chi connectivity index (χ4n) is 3.51. The number of rotatable bonds is 4. The molecule has 6 nitrogen and oxygen atoms in total. The van der Waals surface area contributed by atoms with Crippen molar-refractivity contribution in [2.45, 2.75) is 25.7 Å². The van der Waals surface area contributed by atoms with Crippen LogP contribution >= 0.6 is 11.3 Å². The summed E-state index contributed by atoms with van der Waals surface area (Å²) in [5.41, 5.74) is 2.09. The zero-order chi connectivity index (χ0) is 21.1. The Bertz CT molecular complexity index is 1080. The van der Waals surface area contributed by atoms with Gasteiger partial charge in [-0.25, -0.2) is 4.39 Å². The summed E-state index contributed by atoms with van der Waals surface area (Å²) in [4.78, 5) is 26.8. The second-order valence-corrected chi connectivity index (χ2v) is 8.30. The molecule has 30 heavy (non-hydrogen) atoms. The monoisotopic (exact) mass is 424 g/mol. The number of amides is 2.